The summed E-state index contributed by atoms with van der Waals surface area (Å²) in [6.45, 7) is 2.63. The van der Waals surface area contributed by atoms with E-state index < -0.39 is 0 Å². The normalized spacial score (nSPS) is 8.25. The molecule has 0 aromatic rings. The Morgan fingerprint density at radius 1 is 1.88 bits per heavy atom. The van der Waals surface area contributed by atoms with Crippen LogP contribution in [-0.2, 0) is 4.74 Å². The van der Waals surface area contributed by atoms with E-state index in [1.165, 1.54) is 0 Å². The number of hydrazine groups is 1. The van der Waals surface area contributed by atoms with E-state index in [1.54, 1.807) is 0 Å². The van der Waals surface area contributed by atoms with Crippen molar-refractivity contribution in [3.8, 4) is 0 Å². The van der Waals surface area contributed by atoms with Crippen LogP contribution < -0.4 is 11.3 Å². The fourth-order valence-corrected chi connectivity index (χ4v) is 0.320. The Balaban J connectivity index is 2.99. The highest BCUT2D eigenvalue weighted by Gasteiger charge is 1.87. The molecule has 0 atom stereocenters. The van der Waals surface area contributed by atoms with Crippen LogP contribution in [0.15, 0.2) is 0 Å². The van der Waals surface area contributed by atoms with E-state index in [2.05, 4.69) is 17.6 Å². The fraction of sp³-hybridized carbons (Fsp3) is 0.750. The van der Waals surface area contributed by atoms with Crippen LogP contribution in [0.3, 0.4) is 0 Å². The zero-order chi connectivity index (χ0) is 6.41. The summed E-state index contributed by atoms with van der Waals surface area (Å²) in [5.74, 6) is 4.90. The smallest absolute Gasteiger partial charge is 0.271 e. The minimum atomic E-state index is 0.256. The van der Waals surface area contributed by atoms with Gasteiger partial charge in [0.05, 0.1) is 6.61 Å². The molecule has 0 aliphatic heterocycles. The van der Waals surface area contributed by atoms with Crippen LogP contribution in [0, 0.1) is 0 Å². The van der Waals surface area contributed by atoms with E-state index in [4.69, 9.17) is 10.6 Å². The summed E-state index contributed by atoms with van der Waals surface area (Å²) in [5, 5.41) is 0.256. The highest BCUT2D eigenvalue weighted by atomic mass is 32.1. The predicted octanol–water partition coefficient (Wildman–Crippen LogP) is 0.161. The van der Waals surface area contributed by atoms with Crippen molar-refractivity contribution in [1.29, 1.82) is 0 Å². The maximum Gasteiger partial charge on any atom is 0.271 e. The van der Waals surface area contributed by atoms with Crippen molar-refractivity contribution in [3.63, 3.8) is 0 Å². The summed E-state index contributed by atoms with van der Waals surface area (Å²) in [5.41, 5.74) is 2.21. The SMILES string of the molecule is CCCOC(=S)NN. The molecule has 0 rings (SSSR count). The fourth-order valence-electron chi connectivity index (χ4n) is 0.236. The van der Waals surface area contributed by atoms with Gasteiger partial charge < -0.3 is 4.74 Å². The number of ether oxygens (including phenoxy) is 1. The van der Waals surface area contributed by atoms with Crippen LogP contribution in [-0.4, -0.2) is 11.8 Å². The molecule has 0 amide bonds. The second-order valence-corrected chi connectivity index (χ2v) is 1.65. The van der Waals surface area contributed by atoms with E-state index in [-0.39, 0.29) is 5.17 Å². The standard InChI is InChI=1S/C4H10N2OS/c1-2-3-7-4(8)6-5/h2-3,5H2,1H3,(H,6,8). The average Bonchev–Trinajstić information content (AvgIpc) is 1.83. The number of thiocarbonyl (C=S) groups is 1. The largest absolute Gasteiger partial charge is 0.470 e. The molecule has 0 aliphatic carbocycles. The van der Waals surface area contributed by atoms with Gasteiger partial charge in [-0.1, -0.05) is 6.92 Å². The van der Waals surface area contributed by atoms with Crippen molar-refractivity contribution in [3.05, 3.63) is 0 Å². The van der Waals surface area contributed by atoms with Gasteiger partial charge >= 0.3 is 0 Å². The molecule has 8 heavy (non-hydrogen) atoms. The van der Waals surface area contributed by atoms with Crippen molar-refractivity contribution in [2.24, 2.45) is 5.84 Å². The van der Waals surface area contributed by atoms with E-state index >= 15 is 0 Å². The molecular formula is C4H10N2OS. The predicted molar refractivity (Wildman–Crippen MR) is 36.2 cm³/mol. The van der Waals surface area contributed by atoms with Gasteiger partial charge in [-0.25, -0.2) is 5.84 Å². The molecule has 0 saturated heterocycles. The monoisotopic (exact) mass is 134 g/mol. The first kappa shape index (κ1) is 7.65. The molecule has 0 fully saturated rings. The second kappa shape index (κ2) is 4.80. The number of rotatable bonds is 2. The Hall–Kier alpha value is -0.350. The molecule has 3 nitrogen and oxygen atoms in total. The highest BCUT2D eigenvalue weighted by Crippen LogP contribution is 1.79. The first-order valence-corrected chi connectivity index (χ1v) is 2.85. The average molecular weight is 134 g/mol. The third-order valence-electron chi connectivity index (χ3n) is 0.555. The van der Waals surface area contributed by atoms with Gasteiger partial charge in [0, 0.05) is 0 Å². The Morgan fingerprint density at radius 3 is 2.88 bits per heavy atom. The van der Waals surface area contributed by atoms with Gasteiger partial charge in [0.1, 0.15) is 0 Å². The third kappa shape index (κ3) is 3.83. The van der Waals surface area contributed by atoms with Crippen LogP contribution in [0.25, 0.3) is 0 Å². The molecule has 0 saturated carbocycles. The van der Waals surface area contributed by atoms with Gasteiger partial charge in [0.2, 0.25) is 0 Å². The van der Waals surface area contributed by atoms with Gasteiger partial charge in [0.15, 0.2) is 0 Å². The Labute approximate surface area is 54.2 Å². The molecule has 0 bridgehead atoms. The molecule has 0 radical (unpaired) electrons. The van der Waals surface area contributed by atoms with Gasteiger partial charge in [0.25, 0.3) is 5.17 Å². The lowest BCUT2D eigenvalue weighted by molar-refractivity contribution is 0.299. The van der Waals surface area contributed by atoms with E-state index in [9.17, 15) is 0 Å². The molecule has 0 heterocycles. The molecule has 0 aliphatic rings. The lowest BCUT2D eigenvalue weighted by atomic mass is 10.5. The van der Waals surface area contributed by atoms with Crippen LogP contribution in [0.2, 0.25) is 0 Å². The molecule has 0 unspecified atom stereocenters. The molecule has 3 N–H and O–H groups in total. The van der Waals surface area contributed by atoms with Crippen LogP contribution in [0.1, 0.15) is 13.3 Å². The van der Waals surface area contributed by atoms with Gasteiger partial charge in [-0.15, -0.1) is 0 Å². The summed E-state index contributed by atoms with van der Waals surface area (Å²) in [7, 11) is 0. The second-order valence-electron chi connectivity index (χ2n) is 1.28. The molecule has 0 aromatic heterocycles. The zero-order valence-electron chi connectivity index (χ0n) is 4.81. The van der Waals surface area contributed by atoms with Crippen LogP contribution in [0.4, 0.5) is 0 Å². The van der Waals surface area contributed by atoms with Gasteiger partial charge in [-0.3, -0.25) is 5.43 Å². The van der Waals surface area contributed by atoms with Crippen molar-refractivity contribution in [2.45, 2.75) is 13.3 Å². The van der Waals surface area contributed by atoms with E-state index in [0.29, 0.717) is 6.61 Å². The lowest BCUT2D eigenvalue weighted by Crippen LogP contribution is -2.30. The first-order chi connectivity index (χ1) is 3.81. The summed E-state index contributed by atoms with van der Waals surface area (Å²) >= 11 is 4.56. The summed E-state index contributed by atoms with van der Waals surface area (Å²) in [6, 6.07) is 0. The minimum absolute atomic E-state index is 0.256. The summed E-state index contributed by atoms with van der Waals surface area (Å²) in [4.78, 5) is 0. The lowest BCUT2D eigenvalue weighted by Gasteiger charge is -2.02. The quantitative estimate of drug-likeness (QED) is 0.321. The maximum atomic E-state index is 4.90. The number of hydrogen-bond donors (Lipinski definition) is 2. The molecular weight excluding hydrogens is 124 g/mol. The van der Waals surface area contributed by atoms with Crippen molar-refractivity contribution >= 4 is 17.4 Å². The zero-order valence-corrected chi connectivity index (χ0v) is 5.62. The molecule has 48 valence electrons. The Bertz CT molecular complexity index is 76.4. The van der Waals surface area contributed by atoms with Crippen LogP contribution >= 0.6 is 12.2 Å². The number of nitrogens with two attached hydrogens (primary N) is 1. The highest BCUT2D eigenvalue weighted by molar-refractivity contribution is 7.80. The number of nitrogens with one attached hydrogen (secondary N) is 1. The van der Waals surface area contributed by atoms with Crippen molar-refractivity contribution in [2.75, 3.05) is 6.61 Å². The number of hydrogen-bond acceptors (Lipinski definition) is 3. The van der Waals surface area contributed by atoms with Gasteiger partial charge in [-0.05, 0) is 18.6 Å². The molecule has 0 spiro atoms. The summed E-state index contributed by atoms with van der Waals surface area (Å²) in [6.07, 6.45) is 0.946. The third-order valence-corrected chi connectivity index (χ3v) is 0.791. The van der Waals surface area contributed by atoms with E-state index in [1.807, 2.05) is 6.92 Å². The van der Waals surface area contributed by atoms with Crippen molar-refractivity contribution < 1.29 is 4.74 Å². The van der Waals surface area contributed by atoms with Gasteiger partial charge in [-0.2, -0.15) is 0 Å². The topological polar surface area (TPSA) is 47.3 Å². The molecule has 0 aromatic carbocycles. The van der Waals surface area contributed by atoms with Crippen molar-refractivity contribution in [1.82, 2.24) is 5.43 Å². The van der Waals surface area contributed by atoms with E-state index in [0.717, 1.165) is 6.42 Å². The Morgan fingerprint density at radius 2 is 2.50 bits per heavy atom. The minimum Gasteiger partial charge on any atom is -0.470 e. The molecule has 4 heteroatoms. The maximum absolute atomic E-state index is 4.90. The van der Waals surface area contributed by atoms with Crippen LogP contribution in [0.5, 0.6) is 0 Å². The Kier molecular flexibility index (Phi) is 4.59. The summed E-state index contributed by atoms with van der Waals surface area (Å²) < 4.78 is 4.84. The first-order valence-electron chi connectivity index (χ1n) is 2.44.